The van der Waals surface area contributed by atoms with Gasteiger partial charge in [-0.25, -0.2) is 19.2 Å². The zero-order valence-corrected chi connectivity index (χ0v) is 27.0. The van der Waals surface area contributed by atoms with Crippen molar-refractivity contribution >= 4 is 24.1 Å². The van der Waals surface area contributed by atoms with Gasteiger partial charge in [0.2, 0.25) is 6.79 Å². The summed E-state index contributed by atoms with van der Waals surface area (Å²) in [6.07, 6.45) is 11.5. The lowest BCUT2D eigenvalue weighted by Gasteiger charge is -2.24. The van der Waals surface area contributed by atoms with E-state index < -0.39 is 54.2 Å². The Morgan fingerprint density at radius 2 is 0.854 bits per heavy atom. The number of hydrogen-bond acceptors (Lipinski definition) is 8. The van der Waals surface area contributed by atoms with Gasteiger partial charge in [-0.3, -0.25) is 0 Å². The molecule has 0 rings (SSSR count). The zero-order valence-electron chi connectivity index (χ0n) is 27.0. The van der Waals surface area contributed by atoms with E-state index in [4.69, 9.17) is 18.9 Å². The van der Waals surface area contributed by atoms with E-state index in [1.165, 1.54) is 0 Å². The number of carbonyl (C=O) groups excluding carboxylic acids is 4. The Bertz CT molecular complexity index is 696. The molecule has 2 N–H and O–H groups in total. The van der Waals surface area contributed by atoms with Gasteiger partial charge >= 0.3 is 24.1 Å². The molecule has 0 aromatic rings. The van der Waals surface area contributed by atoms with Gasteiger partial charge in [-0.05, 0) is 54.4 Å². The Labute approximate surface area is 248 Å². The molecule has 0 aliphatic heterocycles. The SMILES string of the molecule is CCCCCCCCC(NC(=O)OC(C)(C)C)C(=O)OCOC(=O)C(CCCCCCCC)NC(=O)OC(C)(C)C. The van der Waals surface area contributed by atoms with Gasteiger partial charge in [-0.2, -0.15) is 0 Å². The van der Waals surface area contributed by atoms with E-state index >= 15 is 0 Å². The molecule has 0 bridgehead atoms. The quantitative estimate of drug-likeness (QED) is 0.0657. The lowest BCUT2D eigenvalue weighted by molar-refractivity contribution is -0.170. The maximum absolute atomic E-state index is 12.8. The van der Waals surface area contributed by atoms with Crippen molar-refractivity contribution in [2.24, 2.45) is 0 Å². The average Bonchev–Trinajstić information content (AvgIpc) is 2.84. The van der Waals surface area contributed by atoms with Crippen molar-refractivity contribution in [2.45, 2.75) is 169 Å². The maximum Gasteiger partial charge on any atom is 0.408 e. The van der Waals surface area contributed by atoms with Crippen LogP contribution < -0.4 is 10.6 Å². The number of ether oxygens (including phenoxy) is 4. The smallest absolute Gasteiger partial charge is 0.408 e. The molecule has 0 saturated heterocycles. The monoisotopic (exact) mass is 586 g/mol. The largest absolute Gasteiger partial charge is 0.444 e. The number of nitrogens with one attached hydrogen (secondary N) is 2. The third-order valence-corrected chi connectivity index (χ3v) is 6.05. The van der Waals surface area contributed by atoms with Crippen LogP contribution in [0.15, 0.2) is 0 Å². The summed E-state index contributed by atoms with van der Waals surface area (Å²) in [7, 11) is 0. The molecule has 0 aliphatic carbocycles. The molecule has 0 radical (unpaired) electrons. The first-order valence-corrected chi connectivity index (χ1v) is 15.5. The van der Waals surface area contributed by atoms with Crippen molar-refractivity contribution in [3.8, 4) is 0 Å². The van der Waals surface area contributed by atoms with Gasteiger partial charge in [-0.1, -0.05) is 90.9 Å². The third-order valence-electron chi connectivity index (χ3n) is 6.05. The van der Waals surface area contributed by atoms with Gasteiger partial charge in [0.25, 0.3) is 0 Å². The van der Waals surface area contributed by atoms with E-state index in [2.05, 4.69) is 24.5 Å². The first-order chi connectivity index (χ1) is 19.2. The molecule has 2 amide bonds. The number of rotatable bonds is 20. The second-order valence-corrected chi connectivity index (χ2v) is 12.6. The molecule has 0 fully saturated rings. The molecule has 0 aromatic heterocycles. The van der Waals surface area contributed by atoms with E-state index in [1.807, 2.05) is 0 Å². The molecular weight excluding hydrogens is 528 g/mol. The fourth-order valence-corrected chi connectivity index (χ4v) is 4.00. The second kappa shape index (κ2) is 21.2. The van der Waals surface area contributed by atoms with Gasteiger partial charge < -0.3 is 29.6 Å². The molecule has 10 heteroatoms. The van der Waals surface area contributed by atoms with Gasteiger partial charge in [0, 0.05) is 0 Å². The van der Waals surface area contributed by atoms with Gasteiger partial charge in [0.05, 0.1) is 0 Å². The highest BCUT2D eigenvalue weighted by molar-refractivity contribution is 5.82. The lowest BCUT2D eigenvalue weighted by atomic mass is 10.1. The molecular formula is C31H58N2O8. The summed E-state index contributed by atoms with van der Waals surface area (Å²) >= 11 is 0. The Hall–Kier alpha value is -2.52. The molecule has 2 atom stereocenters. The molecule has 41 heavy (non-hydrogen) atoms. The minimum atomic E-state index is -0.937. The van der Waals surface area contributed by atoms with Crippen LogP contribution in [0.5, 0.6) is 0 Å². The van der Waals surface area contributed by atoms with Crippen LogP contribution in [0, 0.1) is 0 Å². The number of amides is 2. The minimum absolute atomic E-state index is 0.374. The molecule has 0 aliphatic rings. The molecule has 10 nitrogen and oxygen atoms in total. The Morgan fingerprint density at radius 3 is 1.17 bits per heavy atom. The first-order valence-electron chi connectivity index (χ1n) is 15.5. The Morgan fingerprint density at radius 1 is 0.537 bits per heavy atom. The third kappa shape index (κ3) is 22.8. The zero-order chi connectivity index (χ0) is 31.3. The number of carbonyl (C=O) groups is 4. The van der Waals surface area contributed by atoms with E-state index in [1.54, 1.807) is 41.5 Å². The van der Waals surface area contributed by atoms with Gasteiger partial charge in [0.1, 0.15) is 23.3 Å². The van der Waals surface area contributed by atoms with Crippen LogP contribution in [0.25, 0.3) is 0 Å². The molecule has 2 unspecified atom stereocenters. The molecule has 0 heterocycles. The van der Waals surface area contributed by atoms with Crippen molar-refractivity contribution in [1.29, 1.82) is 0 Å². The van der Waals surface area contributed by atoms with Crippen molar-refractivity contribution in [1.82, 2.24) is 10.6 Å². The number of hydrogen-bond donors (Lipinski definition) is 2. The van der Waals surface area contributed by atoms with Gasteiger partial charge in [0.15, 0.2) is 0 Å². The Kier molecular flexibility index (Phi) is 19.9. The molecule has 0 aromatic carbocycles. The van der Waals surface area contributed by atoms with Crippen LogP contribution in [0.2, 0.25) is 0 Å². The van der Waals surface area contributed by atoms with Crippen LogP contribution in [0.3, 0.4) is 0 Å². The summed E-state index contributed by atoms with van der Waals surface area (Å²) in [5.74, 6) is -1.44. The minimum Gasteiger partial charge on any atom is -0.444 e. The van der Waals surface area contributed by atoms with Crippen molar-refractivity contribution in [3.63, 3.8) is 0 Å². The highest BCUT2D eigenvalue weighted by Gasteiger charge is 2.28. The number of alkyl carbamates (subject to hydrolysis) is 2. The standard InChI is InChI=1S/C31H58N2O8/c1-9-11-13-15-17-19-21-24(32-28(36)40-30(3,4)5)26(34)38-23-39-27(35)25(22-20-18-16-14-12-10-2)33-29(37)41-31(6,7)8/h24-25H,9-23H2,1-8H3,(H,32,36)(H,33,37). The van der Waals surface area contributed by atoms with Crippen molar-refractivity contribution in [3.05, 3.63) is 0 Å². The molecule has 0 spiro atoms. The van der Waals surface area contributed by atoms with Crippen LogP contribution in [0.4, 0.5) is 9.59 Å². The highest BCUT2D eigenvalue weighted by Crippen LogP contribution is 2.14. The van der Waals surface area contributed by atoms with E-state index in [-0.39, 0.29) is 0 Å². The predicted octanol–water partition coefficient (Wildman–Crippen LogP) is 7.32. The van der Waals surface area contributed by atoms with E-state index in [0.717, 1.165) is 77.0 Å². The summed E-state index contributed by atoms with van der Waals surface area (Å²) in [5, 5.41) is 5.17. The second-order valence-electron chi connectivity index (χ2n) is 12.6. The maximum atomic E-state index is 12.8. The summed E-state index contributed by atoms with van der Waals surface area (Å²) < 4.78 is 21.0. The van der Waals surface area contributed by atoms with Crippen LogP contribution in [-0.2, 0) is 28.5 Å². The van der Waals surface area contributed by atoms with Crippen molar-refractivity contribution < 1.29 is 38.1 Å². The summed E-state index contributed by atoms with van der Waals surface area (Å²) in [6, 6.07) is -1.87. The first kappa shape index (κ1) is 38.5. The number of esters is 2. The normalized spacial score (nSPS) is 13.1. The summed E-state index contributed by atoms with van der Waals surface area (Å²) in [5.41, 5.74) is -1.44. The van der Waals surface area contributed by atoms with Crippen molar-refractivity contribution in [2.75, 3.05) is 6.79 Å². The summed E-state index contributed by atoms with van der Waals surface area (Å²) in [6.45, 7) is 14.1. The van der Waals surface area contributed by atoms with E-state index in [0.29, 0.717) is 12.8 Å². The highest BCUT2D eigenvalue weighted by atomic mass is 16.7. The number of unbranched alkanes of at least 4 members (excludes halogenated alkanes) is 10. The van der Waals surface area contributed by atoms with Crippen LogP contribution in [0.1, 0.15) is 145 Å². The predicted molar refractivity (Wildman–Crippen MR) is 159 cm³/mol. The fourth-order valence-electron chi connectivity index (χ4n) is 4.00. The Balaban J connectivity index is 5.05. The van der Waals surface area contributed by atoms with E-state index in [9.17, 15) is 19.2 Å². The fraction of sp³-hybridized carbons (Fsp3) is 0.871. The summed E-state index contributed by atoms with van der Waals surface area (Å²) in [4.78, 5) is 50.3. The van der Waals surface area contributed by atoms with Crippen LogP contribution >= 0.6 is 0 Å². The molecule has 0 saturated carbocycles. The topological polar surface area (TPSA) is 129 Å². The van der Waals surface area contributed by atoms with Gasteiger partial charge in [-0.15, -0.1) is 0 Å². The lowest BCUT2D eigenvalue weighted by Crippen LogP contribution is -2.45. The average molecular weight is 587 g/mol. The van der Waals surface area contributed by atoms with Crippen LogP contribution in [-0.4, -0.2) is 54.2 Å². The molecule has 240 valence electrons.